The van der Waals surface area contributed by atoms with Crippen molar-refractivity contribution >= 4 is 5.82 Å². The molecule has 0 unspecified atom stereocenters. The van der Waals surface area contributed by atoms with Gasteiger partial charge in [-0.3, -0.25) is 0 Å². The van der Waals surface area contributed by atoms with E-state index in [1.807, 2.05) is 6.07 Å². The van der Waals surface area contributed by atoms with Gasteiger partial charge in [-0.05, 0) is 29.3 Å². The second-order valence-electron chi connectivity index (χ2n) is 5.37. The van der Waals surface area contributed by atoms with Crippen LogP contribution in [0.4, 0.5) is 14.6 Å². The molecule has 1 heterocycles. The summed E-state index contributed by atoms with van der Waals surface area (Å²) in [4.78, 5) is 0. The Hall–Kier alpha value is -3.20. The van der Waals surface area contributed by atoms with Crippen molar-refractivity contribution in [2.75, 3.05) is 5.73 Å². The molecule has 0 aliphatic heterocycles. The molecule has 0 bridgehead atoms. The molecular weight excluding hydrogens is 310 g/mol. The van der Waals surface area contributed by atoms with E-state index in [0.29, 0.717) is 16.8 Å². The number of hydrogen-bond acceptors (Lipinski definition) is 3. The number of nitriles is 1. The Labute approximate surface area is 137 Å². The molecule has 2 N–H and O–H groups in total. The molecule has 6 heteroatoms. The van der Waals surface area contributed by atoms with Gasteiger partial charge in [-0.2, -0.15) is 10.4 Å². The van der Waals surface area contributed by atoms with Crippen LogP contribution in [0.2, 0.25) is 0 Å². The highest BCUT2D eigenvalue weighted by molar-refractivity contribution is 5.53. The van der Waals surface area contributed by atoms with Crippen molar-refractivity contribution in [3.05, 3.63) is 82.5 Å². The van der Waals surface area contributed by atoms with Gasteiger partial charge in [0.05, 0.1) is 12.2 Å². The lowest BCUT2D eigenvalue weighted by molar-refractivity contribution is 0.609. The number of benzene rings is 2. The average molecular weight is 324 g/mol. The normalized spacial score (nSPS) is 10.5. The maximum Gasteiger partial charge on any atom is 0.140 e. The first-order valence-corrected chi connectivity index (χ1v) is 7.31. The summed E-state index contributed by atoms with van der Waals surface area (Å²) in [5.41, 5.74) is 7.71. The van der Waals surface area contributed by atoms with Gasteiger partial charge in [0.1, 0.15) is 29.1 Å². The fraction of sp³-hybridized carbons (Fsp3) is 0.111. The second kappa shape index (κ2) is 6.50. The lowest BCUT2D eigenvalue weighted by atomic mass is 10.1. The summed E-state index contributed by atoms with van der Waals surface area (Å²) < 4.78 is 28.6. The average Bonchev–Trinajstić information content (AvgIpc) is 2.85. The minimum absolute atomic E-state index is 0.163. The quantitative estimate of drug-likeness (QED) is 0.801. The van der Waals surface area contributed by atoms with Crippen LogP contribution in [-0.2, 0) is 13.0 Å². The van der Waals surface area contributed by atoms with Crippen molar-refractivity contribution in [1.29, 1.82) is 5.26 Å². The summed E-state index contributed by atoms with van der Waals surface area (Å²) in [7, 11) is 0. The molecule has 4 nitrogen and oxygen atoms in total. The topological polar surface area (TPSA) is 67.6 Å². The van der Waals surface area contributed by atoms with E-state index < -0.39 is 0 Å². The number of anilines is 1. The second-order valence-corrected chi connectivity index (χ2v) is 5.37. The standard InChI is InChI=1S/C18H14F2N4/c19-14-6-3-4-12(8-14)11-24-18(22)15(10-21)17(23-24)9-13-5-1-2-7-16(13)20/h1-8H,9,11,22H2. The first-order valence-electron chi connectivity index (χ1n) is 7.31. The SMILES string of the molecule is N#Cc1c(Cc2ccccc2F)nn(Cc2cccc(F)c2)c1N. The monoisotopic (exact) mass is 324 g/mol. The van der Waals surface area contributed by atoms with Gasteiger partial charge < -0.3 is 5.73 Å². The molecule has 0 saturated heterocycles. The predicted octanol–water partition coefficient (Wildman–Crippen LogP) is 3.25. The first kappa shape index (κ1) is 15.7. The molecule has 3 rings (SSSR count). The summed E-state index contributed by atoms with van der Waals surface area (Å²) in [5, 5.41) is 13.7. The van der Waals surface area contributed by atoms with Gasteiger partial charge in [0.15, 0.2) is 0 Å². The highest BCUT2D eigenvalue weighted by atomic mass is 19.1. The fourth-order valence-electron chi connectivity index (χ4n) is 2.52. The molecule has 0 aliphatic rings. The number of nitrogens with two attached hydrogens (primary N) is 1. The first-order chi connectivity index (χ1) is 11.6. The lowest BCUT2D eigenvalue weighted by Crippen LogP contribution is -2.06. The maximum absolute atomic E-state index is 13.8. The summed E-state index contributed by atoms with van der Waals surface area (Å²) in [6, 6.07) is 14.4. The number of rotatable bonds is 4. The number of nitrogen functional groups attached to an aromatic ring is 1. The fourth-order valence-corrected chi connectivity index (χ4v) is 2.52. The van der Waals surface area contributed by atoms with E-state index in [-0.39, 0.29) is 36.0 Å². The van der Waals surface area contributed by atoms with Gasteiger partial charge in [-0.1, -0.05) is 30.3 Å². The van der Waals surface area contributed by atoms with Crippen molar-refractivity contribution < 1.29 is 8.78 Å². The third-order valence-electron chi connectivity index (χ3n) is 3.71. The molecule has 0 radical (unpaired) electrons. The molecule has 0 spiro atoms. The predicted molar refractivity (Wildman–Crippen MR) is 86.1 cm³/mol. The van der Waals surface area contributed by atoms with Gasteiger partial charge >= 0.3 is 0 Å². The van der Waals surface area contributed by atoms with Gasteiger partial charge in [0.25, 0.3) is 0 Å². The summed E-state index contributed by atoms with van der Waals surface area (Å²) >= 11 is 0. The van der Waals surface area contributed by atoms with Crippen LogP contribution >= 0.6 is 0 Å². The number of aromatic nitrogens is 2. The zero-order valence-electron chi connectivity index (χ0n) is 12.7. The lowest BCUT2D eigenvalue weighted by Gasteiger charge is -2.04. The van der Waals surface area contributed by atoms with Gasteiger partial charge in [0.2, 0.25) is 0 Å². The van der Waals surface area contributed by atoms with Crippen LogP contribution in [0.15, 0.2) is 48.5 Å². The van der Waals surface area contributed by atoms with Crippen molar-refractivity contribution in [3.8, 4) is 6.07 Å². The van der Waals surface area contributed by atoms with Crippen molar-refractivity contribution in [3.63, 3.8) is 0 Å². The number of hydrogen-bond donors (Lipinski definition) is 1. The van der Waals surface area contributed by atoms with Gasteiger partial charge in [0, 0.05) is 6.42 Å². The van der Waals surface area contributed by atoms with Gasteiger partial charge in [-0.25, -0.2) is 13.5 Å². The Kier molecular flexibility index (Phi) is 4.25. The minimum atomic E-state index is -0.361. The molecule has 0 aliphatic carbocycles. The maximum atomic E-state index is 13.8. The number of halogens is 2. The Morgan fingerprint density at radius 3 is 2.62 bits per heavy atom. The van der Waals surface area contributed by atoms with E-state index in [0.717, 1.165) is 0 Å². The van der Waals surface area contributed by atoms with E-state index in [4.69, 9.17) is 5.73 Å². The molecule has 0 atom stereocenters. The molecule has 1 aromatic heterocycles. The smallest absolute Gasteiger partial charge is 0.140 e. The summed E-state index contributed by atoms with van der Waals surface area (Å²) in [5.74, 6) is -0.530. The van der Waals surface area contributed by atoms with Crippen LogP contribution in [0, 0.1) is 23.0 Å². The van der Waals surface area contributed by atoms with E-state index in [1.54, 1.807) is 30.3 Å². The molecule has 2 aromatic carbocycles. The Morgan fingerprint density at radius 1 is 1.12 bits per heavy atom. The Morgan fingerprint density at radius 2 is 1.92 bits per heavy atom. The van der Waals surface area contributed by atoms with Crippen LogP contribution in [0.5, 0.6) is 0 Å². The molecule has 0 saturated carbocycles. The minimum Gasteiger partial charge on any atom is -0.383 e. The van der Waals surface area contributed by atoms with E-state index >= 15 is 0 Å². The summed E-state index contributed by atoms with van der Waals surface area (Å²) in [6.07, 6.45) is 0.163. The number of nitrogens with zero attached hydrogens (tertiary/aromatic N) is 3. The highest BCUT2D eigenvalue weighted by Crippen LogP contribution is 2.21. The van der Waals surface area contributed by atoms with E-state index in [9.17, 15) is 14.0 Å². The molecular formula is C18H14F2N4. The van der Waals surface area contributed by atoms with Crippen LogP contribution in [0.25, 0.3) is 0 Å². The Bertz CT molecular complexity index is 925. The van der Waals surface area contributed by atoms with Crippen molar-refractivity contribution in [2.24, 2.45) is 0 Å². The third kappa shape index (κ3) is 3.10. The van der Waals surface area contributed by atoms with Crippen molar-refractivity contribution in [2.45, 2.75) is 13.0 Å². The molecule has 0 amide bonds. The van der Waals surface area contributed by atoms with Crippen LogP contribution in [-0.4, -0.2) is 9.78 Å². The molecule has 0 fully saturated rings. The zero-order valence-corrected chi connectivity index (χ0v) is 12.7. The molecule has 3 aromatic rings. The van der Waals surface area contributed by atoms with Gasteiger partial charge in [-0.15, -0.1) is 0 Å². The molecule has 120 valence electrons. The van der Waals surface area contributed by atoms with Crippen LogP contribution in [0.3, 0.4) is 0 Å². The zero-order chi connectivity index (χ0) is 17.1. The van der Waals surface area contributed by atoms with Crippen LogP contribution in [0.1, 0.15) is 22.4 Å². The largest absolute Gasteiger partial charge is 0.383 e. The summed E-state index contributed by atoms with van der Waals surface area (Å²) in [6.45, 7) is 0.232. The highest BCUT2D eigenvalue weighted by Gasteiger charge is 2.17. The van der Waals surface area contributed by atoms with E-state index in [2.05, 4.69) is 5.10 Å². The van der Waals surface area contributed by atoms with Crippen molar-refractivity contribution in [1.82, 2.24) is 9.78 Å². The van der Waals surface area contributed by atoms with E-state index in [1.165, 1.54) is 22.9 Å². The Balaban J connectivity index is 1.94. The third-order valence-corrected chi connectivity index (χ3v) is 3.71. The van der Waals surface area contributed by atoms with Crippen LogP contribution < -0.4 is 5.73 Å². The molecule has 24 heavy (non-hydrogen) atoms.